The molecule has 3 nitrogen and oxygen atoms in total. The number of halogens is 2. The molecule has 0 heterocycles. The molecule has 0 radical (unpaired) electrons. The molecule has 0 aromatic heterocycles. The maximum Gasteiger partial charge on any atom is 0.156 e. The summed E-state index contributed by atoms with van der Waals surface area (Å²) in [5.41, 5.74) is 0.751. The quantitative estimate of drug-likeness (QED) is 0.811. The molecule has 0 aliphatic heterocycles. The average Bonchev–Trinajstić information content (AvgIpc) is 2.19. The van der Waals surface area contributed by atoms with Gasteiger partial charge in [-0.2, -0.15) is 0 Å². The molecule has 18 heavy (non-hydrogen) atoms. The second-order valence-electron chi connectivity index (χ2n) is 4.98. The van der Waals surface area contributed by atoms with E-state index < -0.39 is 14.6 Å². The van der Waals surface area contributed by atoms with Gasteiger partial charge in [0, 0.05) is 15.8 Å². The molecule has 0 aliphatic rings. The van der Waals surface area contributed by atoms with Gasteiger partial charge in [-0.25, -0.2) is 12.8 Å². The second-order valence-corrected chi connectivity index (χ2v) is 9.01. The van der Waals surface area contributed by atoms with Gasteiger partial charge < -0.3 is 5.32 Å². The summed E-state index contributed by atoms with van der Waals surface area (Å²) in [6.07, 6.45) is 0. The molecule has 0 saturated heterocycles. The van der Waals surface area contributed by atoms with E-state index in [1.54, 1.807) is 26.8 Å². The lowest BCUT2D eigenvalue weighted by Crippen LogP contribution is -2.32. The van der Waals surface area contributed by atoms with Gasteiger partial charge in [0.25, 0.3) is 0 Å². The normalized spacial score (nSPS) is 12.5. The molecule has 0 spiro atoms. The summed E-state index contributed by atoms with van der Waals surface area (Å²) in [6.45, 7) is 5.37. The van der Waals surface area contributed by atoms with Crippen LogP contribution in [0.2, 0.25) is 0 Å². The summed E-state index contributed by atoms with van der Waals surface area (Å²) >= 11 is 2.01. The van der Waals surface area contributed by atoms with Crippen LogP contribution in [-0.4, -0.2) is 25.5 Å². The van der Waals surface area contributed by atoms with E-state index in [1.165, 1.54) is 12.1 Å². The van der Waals surface area contributed by atoms with E-state index in [-0.39, 0.29) is 11.6 Å². The summed E-state index contributed by atoms with van der Waals surface area (Å²) in [5.74, 6) is -0.239. The van der Waals surface area contributed by atoms with Crippen LogP contribution in [0.5, 0.6) is 0 Å². The highest BCUT2D eigenvalue weighted by atomic mass is 127. The van der Waals surface area contributed by atoms with Crippen LogP contribution in [0.15, 0.2) is 18.2 Å². The fourth-order valence-electron chi connectivity index (χ4n) is 1.26. The van der Waals surface area contributed by atoms with Crippen LogP contribution in [0.25, 0.3) is 0 Å². The van der Waals surface area contributed by atoms with Crippen molar-refractivity contribution in [3.05, 3.63) is 27.6 Å². The van der Waals surface area contributed by atoms with Gasteiger partial charge in [-0.05, 0) is 61.6 Å². The minimum atomic E-state index is -3.13. The van der Waals surface area contributed by atoms with Crippen LogP contribution in [0.3, 0.4) is 0 Å². The van der Waals surface area contributed by atoms with Crippen LogP contribution in [0, 0.1) is 9.39 Å². The highest BCUT2D eigenvalue weighted by molar-refractivity contribution is 14.1. The summed E-state index contributed by atoms with van der Waals surface area (Å²) in [5, 5.41) is 3.02. The number of hydrogen-bond donors (Lipinski definition) is 1. The Labute approximate surface area is 121 Å². The summed E-state index contributed by atoms with van der Waals surface area (Å²) < 4.78 is 36.6. The Balaban J connectivity index is 2.63. The monoisotopic (exact) mass is 385 g/mol. The Kier molecular flexibility index (Phi) is 4.99. The molecule has 0 fully saturated rings. The molecule has 6 heteroatoms. The SMILES string of the molecule is CC(C)(C)S(=O)(=O)CCNc1ccc(F)cc1I. The molecule has 0 saturated carbocycles. The van der Waals surface area contributed by atoms with E-state index in [4.69, 9.17) is 0 Å². The van der Waals surface area contributed by atoms with Gasteiger partial charge in [0.1, 0.15) is 5.82 Å². The third-order valence-corrected chi connectivity index (χ3v) is 6.05. The van der Waals surface area contributed by atoms with Gasteiger partial charge in [-0.1, -0.05) is 0 Å². The van der Waals surface area contributed by atoms with Gasteiger partial charge >= 0.3 is 0 Å². The molecular weight excluding hydrogens is 368 g/mol. The van der Waals surface area contributed by atoms with Crippen LogP contribution in [-0.2, 0) is 9.84 Å². The lowest BCUT2D eigenvalue weighted by Gasteiger charge is -2.19. The maximum atomic E-state index is 12.9. The van der Waals surface area contributed by atoms with Crippen molar-refractivity contribution < 1.29 is 12.8 Å². The van der Waals surface area contributed by atoms with Crippen LogP contribution < -0.4 is 5.32 Å². The van der Waals surface area contributed by atoms with Crippen molar-refractivity contribution in [2.75, 3.05) is 17.6 Å². The predicted molar refractivity (Wildman–Crippen MR) is 81.1 cm³/mol. The number of hydrogen-bond acceptors (Lipinski definition) is 3. The van der Waals surface area contributed by atoms with Crippen molar-refractivity contribution in [3.8, 4) is 0 Å². The first-order valence-electron chi connectivity index (χ1n) is 5.55. The number of benzene rings is 1. The lowest BCUT2D eigenvalue weighted by molar-refractivity contribution is 0.560. The van der Waals surface area contributed by atoms with E-state index in [0.29, 0.717) is 6.54 Å². The van der Waals surface area contributed by atoms with Gasteiger partial charge in [0.2, 0.25) is 0 Å². The van der Waals surface area contributed by atoms with Crippen molar-refractivity contribution in [3.63, 3.8) is 0 Å². The van der Waals surface area contributed by atoms with Gasteiger partial charge in [-0.15, -0.1) is 0 Å². The van der Waals surface area contributed by atoms with Crippen molar-refractivity contribution in [2.45, 2.75) is 25.5 Å². The van der Waals surface area contributed by atoms with E-state index in [1.807, 2.05) is 22.6 Å². The maximum absolute atomic E-state index is 12.9. The summed E-state index contributed by atoms with van der Waals surface area (Å²) in [6, 6.07) is 4.37. The van der Waals surface area contributed by atoms with E-state index in [9.17, 15) is 12.8 Å². The van der Waals surface area contributed by atoms with Gasteiger partial charge in [-0.3, -0.25) is 0 Å². The largest absolute Gasteiger partial charge is 0.383 e. The number of anilines is 1. The first kappa shape index (κ1) is 15.7. The fourth-order valence-corrected chi connectivity index (χ4v) is 2.91. The molecule has 1 rings (SSSR count). The van der Waals surface area contributed by atoms with Crippen molar-refractivity contribution in [2.24, 2.45) is 0 Å². The van der Waals surface area contributed by atoms with Gasteiger partial charge in [0.15, 0.2) is 9.84 Å². The zero-order valence-corrected chi connectivity index (χ0v) is 13.6. The molecule has 0 atom stereocenters. The smallest absolute Gasteiger partial charge is 0.156 e. The number of nitrogens with one attached hydrogen (secondary N) is 1. The van der Waals surface area contributed by atoms with Crippen LogP contribution >= 0.6 is 22.6 Å². The third kappa shape index (κ3) is 4.08. The molecule has 1 aromatic rings. The Bertz CT molecular complexity index is 523. The molecule has 0 aliphatic carbocycles. The number of sulfone groups is 1. The Morgan fingerprint density at radius 1 is 1.33 bits per heavy atom. The Hall–Kier alpha value is -0.370. The Morgan fingerprint density at radius 2 is 1.94 bits per heavy atom. The lowest BCUT2D eigenvalue weighted by atomic mass is 10.3. The van der Waals surface area contributed by atoms with E-state index in [2.05, 4.69) is 5.32 Å². The van der Waals surface area contributed by atoms with Crippen molar-refractivity contribution in [1.29, 1.82) is 0 Å². The summed E-state index contributed by atoms with van der Waals surface area (Å²) in [7, 11) is -3.13. The second kappa shape index (κ2) is 5.73. The average molecular weight is 385 g/mol. The molecule has 1 N–H and O–H groups in total. The first-order chi connectivity index (χ1) is 8.13. The topological polar surface area (TPSA) is 46.2 Å². The highest BCUT2D eigenvalue weighted by Crippen LogP contribution is 2.20. The minimum absolute atomic E-state index is 0.0595. The van der Waals surface area contributed by atoms with E-state index >= 15 is 0 Å². The fraction of sp³-hybridized carbons (Fsp3) is 0.500. The van der Waals surface area contributed by atoms with Crippen molar-refractivity contribution in [1.82, 2.24) is 0 Å². The minimum Gasteiger partial charge on any atom is -0.383 e. The molecular formula is C12H17FINO2S. The number of rotatable bonds is 4. The first-order valence-corrected chi connectivity index (χ1v) is 8.28. The highest BCUT2D eigenvalue weighted by Gasteiger charge is 2.28. The molecule has 0 amide bonds. The standard InChI is InChI=1S/C12H17FINO2S/c1-12(2,3)18(16,17)7-6-15-11-5-4-9(13)8-10(11)14/h4-5,8,15H,6-7H2,1-3H3. The van der Waals surface area contributed by atoms with Crippen LogP contribution in [0.1, 0.15) is 20.8 Å². The third-order valence-electron chi connectivity index (χ3n) is 2.55. The van der Waals surface area contributed by atoms with E-state index in [0.717, 1.165) is 9.26 Å². The predicted octanol–water partition coefficient (Wildman–Crippen LogP) is 3.06. The molecule has 0 bridgehead atoms. The molecule has 0 unspecified atom stereocenters. The molecule has 1 aromatic carbocycles. The summed E-state index contributed by atoms with van der Waals surface area (Å²) in [4.78, 5) is 0. The van der Waals surface area contributed by atoms with Gasteiger partial charge in [0.05, 0.1) is 10.5 Å². The molecule has 102 valence electrons. The van der Waals surface area contributed by atoms with Crippen molar-refractivity contribution >= 4 is 38.1 Å². The van der Waals surface area contributed by atoms with Crippen LogP contribution in [0.4, 0.5) is 10.1 Å². The zero-order chi connectivity index (χ0) is 14.0. The Morgan fingerprint density at radius 3 is 2.44 bits per heavy atom. The zero-order valence-electron chi connectivity index (χ0n) is 10.6.